The van der Waals surface area contributed by atoms with Gasteiger partial charge in [-0.25, -0.2) is 0 Å². The maximum absolute atomic E-state index is 2.78. The van der Waals surface area contributed by atoms with Crippen LogP contribution in [0.2, 0.25) is 0 Å². The Morgan fingerprint density at radius 1 is 0.500 bits per heavy atom. The van der Waals surface area contributed by atoms with Crippen molar-refractivity contribution in [3.8, 4) is 44.6 Å². The number of hydrogen-bond donors (Lipinski definition) is 0. The molecule has 4 heterocycles. The molecule has 1 aliphatic carbocycles. The fraction of sp³-hybridized carbons (Fsp3) is 0.123. The summed E-state index contributed by atoms with van der Waals surface area (Å²) in [7, 11) is 0. The predicted octanol–water partition coefficient (Wildman–Crippen LogP) is 14.6. The van der Waals surface area contributed by atoms with E-state index in [1.165, 1.54) is 120 Å². The first-order chi connectivity index (χ1) is 30.1. The lowest BCUT2D eigenvalue weighted by molar-refractivity contribution is 0.590. The zero-order valence-electron chi connectivity index (χ0n) is 35.5. The van der Waals surface area contributed by atoms with E-state index in [4.69, 9.17) is 0 Å². The van der Waals surface area contributed by atoms with Gasteiger partial charge in [0.05, 0.1) is 5.69 Å². The second-order valence-corrected chi connectivity index (χ2v) is 21.1. The molecule has 0 atom stereocenters. The highest BCUT2D eigenvalue weighted by atomic mass is 32.2. The van der Waals surface area contributed by atoms with Gasteiger partial charge in [-0.1, -0.05) is 179 Å². The summed E-state index contributed by atoms with van der Waals surface area (Å²) in [5.41, 5.74) is 22.0. The highest BCUT2D eigenvalue weighted by Crippen LogP contribution is 2.57. The fourth-order valence-corrected chi connectivity index (χ4v) is 13.4. The van der Waals surface area contributed by atoms with Crippen molar-refractivity contribution in [1.29, 1.82) is 0 Å². The molecule has 0 N–H and O–H groups in total. The van der Waals surface area contributed by atoms with Gasteiger partial charge in [0.1, 0.15) is 0 Å². The van der Waals surface area contributed by atoms with Crippen LogP contribution < -0.4 is 15.8 Å². The van der Waals surface area contributed by atoms with E-state index in [2.05, 4.69) is 214 Å². The molecule has 13 rings (SSSR count). The van der Waals surface area contributed by atoms with Crippen LogP contribution in [0.3, 0.4) is 0 Å². The monoisotopic (exact) mass is 830 g/mol. The van der Waals surface area contributed by atoms with E-state index in [0.29, 0.717) is 0 Å². The minimum Gasteiger partial charge on any atom is -0.375 e. The van der Waals surface area contributed by atoms with Crippen molar-refractivity contribution in [3.63, 3.8) is 0 Å². The topological polar surface area (TPSA) is 8.17 Å². The van der Waals surface area contributed by atoms with Crippen LogP contribution in [0, 0.1) is 0 Å². The van der Waals surface area contributed by atoms with Crippen LogP contribution >= 0.6 is 23.5 Å². The summed E-state index contributed by atoms with van der Waals surface area (Å²) in [5, 5.41) is 1.36. The molecule has 0 bridgehead atoms. The van der Waals surface area contributed by atoms with Crippen LogP contribution in [0.1, 0.15) is 51.3 Å². The summed E-state index contributed by atoms with van der Waals surface area (Å²) in [5.74, 6) is 0. The van der Waals surface area contributed by atoms with Crippen LogP contribution in [-0.2, 0) is 10.8 Å². The van der Waals surface area contributed by atoms with Crippen molar-refractivity contribution >= 4 is 69.3 Å². The lowest BCUT2D eigenvalue weighted by Crippen LogP contribution is -2.57. The van der Waals surface area contributed by atoms with E-state index < -0.39 is 0 Å². The average Bonchev–Trinajstić information content (AvgIpc) is 3.77. The maximum atomic E-state index is 2.78. The van der Waals surface area contributed by atoms with Gasteiger partial charge in [-0.15, -0.1) is 0 Å². The van der Waals surface area contributed by atoms with Crippen molar-refractivity contribution in [2.75, 3.05) is 4.90 Å². The van der Waals surface area contributed by atoms with Gasteiger partial charge in [0.15, 0.2) is 0 Å². The predicted molar refractivity (Wildman–Crippen MR) is 264 cm³/mol. The molecule has 3 aliphatic heterocycles. The summed E-state index contributed by atoms with van der Waals surface area (Å²) in [6.07, 6.45) is 0. The lowest BCUT2D eigenvalue weighted by Gasteiger charge is -2.42. The molecule has 0 fully saturated rings. The Balaban J connectivity index is 1.19. The Hall–Kier alpha value is -6.14. The molecule has 296 valence electrons. The van der Waals surface area contributed by atoms with Crippen LogP contribution in [0.5, 0.6) is 0 Å². The molecular formula is C57H43BN2S2. The molecule has 0 unspecified atom stereocenters. The van der Waals surface area contributed by atoms with E-state index in [0.717, 1.165) is 0 Å². The van der Waals surface area contributed by atoms with Crippen molar-refractivity contribution in [3.05, 3.63) is 187 Å². The molecule has 4 aliphatic rings. The van der Waals surface area contributed by atoms with Gasteiger partial charge in [0.25, 0.3) is 0 Å². The molecule has 62 heavy (non-hydrogen) atoms. The number of rotatable bonds is 3. The minimum atomic E-state index is -0.155. The molecule has 5 heteroatoms. The molecular weight excluding hydrogens is 788 g/mol. The highest BCUT2D eigenvalue weighted by molar-refractivity contribution is 8.05. The van der Waals surface area contributed by atoms with E-state index in [1.807, 2.05) is 23.5 Å². The van der Waals surface area contributed by atoms with E-state index in [1.54, 1.807) is 0 Å². The lowest BCUT2D eigenvalue weighted by atomic mass is 9.45. The normalized spacial score (nSPS) is 14.8. The Bertz CT molecular complexity index is 3380. The van der Waals surface area contributed by atoms with E-state index >= 15 is 0 Å². The summed E-state index contributed by atoms with van der Waals surface area (Å²) < 4.78 is 2.78. The van der Waals surface area contributed by atoms with Gasteiger partial charge < -0.3 is 9.38 Å². The summed E-state index contributed by atoms with van der Waals surface area (Å²) in [6, 6.07) is 64.5. The second kappa shape index (κ2) is 13.0. The molecule has 8 aromatic carbocycles. The first-order valence-electron chi connectivity index (χ1n) is 21.8. The molecule has 0 amide bonds. The third-order valence-electron chi connectivity index (χ3n) is 13.9. The molecule has 0 spiro atoms. The minimum absolute atomic E-state index is 0.0202. The number of para-hydroxylation sites is 1. The van der Waals surface area contributed by atoms with Crippen LogP contribution in [0.4, 0.5) is 17.1 Å². The third-order valence-corrected chi connectivity index (χ3v) is 16.5. The SMILES string of the molecule is CC(C)(C)c1ccc(N2c3cc4c(cc3B3c5c(cc(-c6ccccc6)cc52)-c2cccc5c6c(n3c25)-c2ccccc2C6(C)C)Sc2ccccc2S4)c(-c2ccccc2)c1. The van der Waals surface area contributed by atoms with Gasteiger partial charge in [-0.3, -0.25) is 0 Å². The number of anilines is 3. The highest BCUT2D eigenvalue weighted by Gasteiger charge is 2.49. The zero-order chi connectivity index (χ0) is 41.6. The van der Waals surface area contributed by atoms with E-state index in [-0.39, 0.29) is 17.7 Å². The van der Waals surface area contributed by atoms with Gasteiger partial charge in [-0.2, -0.15) is 0 Å². The summed E-state index contributed by atoms with van der Waals surface area (Å²) in [4.78, 5) is 7.91. The molecule has 9 aromatic rings. The Labute approximate surface area is 372 Å². The Morgan fingerprint density at radius 2 is 1.16 bits per heavy atom. The molecule has 0 saturated carbocycles. The van der Waals surface area contributed by atoms with Gasteiger partial charge in [0, 0.05) is 69.7 Å². The quantitative estimate of drug-likeness (QED) is 0.164. The number of nitrogens with zero attached hydrogens (tertiary/aromatic N) is 2. The van der Waals surface area contributed by atoms with Gasteiger partial charge in [-0.05, 0) is 104 Å². The van der Waals surface area contributed by atoms with Crippen LogP contribution in [0.25, 0.3) is 55.5 Å². The van der Waals surface area contributed by atoms with Gasteiger partial charge >= 0.3 is 6.85 Å². The molecule has 0 radical (unpaired) electrons. The number of hydrogen-bond acceptors (Lipinski definition) is 3. The average molecular weight is 831 g/mol. The number of aromatic nitrogens is 1. The van der Waals surface area contributed by atoms with Crippen molar-refractivity contribution < 1.29 is 0 Å². The summed E-state index contributed by atoms with van der Waals surface area (Å²) >= 11 is 3.83. The fourth-order valence-electron chi connectivity index (χ4n) is 11.1. The van der Waals surface area contributed by atoms with Crippen molar-refractivity contribution in [1.82, 2.24) is 4.48 Å². The maximum Gasteiger partial charge on any atom is 0.333 e. The Morgan fingerprint density at radius 3 is 1.90 bits per heavy atom. The Kier molecular flexibility index (Phi) is 7.63. The van der Waals surface area contributed by atoms with E-state index in [9.17, 15) is 0 Å². The molecule has 1 aromatic heterocycles. The number of benzene rings is 8. The largest absolute Gasteiger partial charge is 0.375 e. The summed E-state index contributed by atoms with van der Waals surface area (Å²) in [6.45, 7) is 11.8. The van der Waals surface area contributed by atoms with Crippen LogP contribution in [0.15, 0.2) is 189 Å². The van der Waals surface area contributed by atoms with Crippen molar-refractivity contribution in [2.45, 2.75) is 65.0 Å². The van der Waals surface area contributed by atoms with Crippen molar-refractivity contribution in [2.24, 2.45) is 0 Å². The number of fused-ring (bicyclic) bond motifs is 11. The molecule has 2 nitrogen and oxygen atoms in total. The van der Waals surface area contributed by atoms with Crippen LogP contribution in [-0.4, -0.2) is 11.3 Å². The third kappa shape index (κ3) is 5.04. The zero-order valence-corrected chi connectivity index (χ0v) is 37.1. The first kappa shape index (κ1) is 36.5. The standard InChI is InChI=1S/C57H43BN2S2/c1-56(2,3)37-27-28-45(41(31-37)35-19-10-7-11-20-35)59-46-33-51-50(61-48-25-14-15-26-49(48)62-51)32-44(46)58-53-42(29-36(30-47(53)59)34-17-8-6-9-18-34)38-22-16-23-40-52-55(60(58)54(38)40)39-21-12-13-24-43(39)57(52,4)5/h6-33H,1-5H3. The second-order valence-electron chi connectivity index (χ2n) is 18.9. The first-order valence-corrected chi connectivity index (χ1v) is 23.4. The molecule has 0 saturated heterocycles. The van der Waals surface area contributed by atoms with Gasteiger partial charge in [0.2, 0.25) is 0 Å². The smallest absolute Gasteiger partial charge is 0.333 e.